The summed E-state index contributed by atoms with van der Waals surface area (Å²) in [6.45, 7) is 2.45. The smallest absolute Gasteiger partial charge is 0.360 e. The van der Waals surface area contributed by atoms with E-state index in [1.807, 2.05) is 30.3 Å². The van der Waals surface area contributed by atoms with Crippen LogP contribution in [0.1, 0.15) is 47.4 Å². The summed E-state index contributed by atoms with van der Waals surface area (Å²) in [6.07, 6.45) is 3.55. The minimum Gasteiger partial charge on any atom is -0.484 e. The van der Waals surface area contributed by atoms with E-state index >= 15 is 0 Å². The van der Waals surface area contributed by atoms with Crippen molar-refractivity contribution >= 4 is 5.97 Å². The average Bonchev–Trinajstić information content (AvgIpc) is 3.38. The summed E-state index contributed by atoms with van der Waals surface area (Å²) in [4.78, 5) is 20.5. The standard InChI is InChI=1S/C17H18N2O3/c1-2-21-17(20)15-16(14(13-8-9-13)18-11-19-15)22-10-12-6-4-3-5-7-12/h3-7,11,13H,2,8-10H2,1H3. The SMILES string of the molecule is CCOC(=O)c1ncnc(C2CC2)c1OCc1ccccc1. The summed E-state index contributed by atoms with van der Waals surface area (Å²) in [7, 11) is 0. The molecule has 0 aliphatic heterocycles. The van der Waals surface area contributed by atoms with Gasteiger partial charge in [0.1, 0.15) is 12.9 Å². The molecule has 0 bridgehead atoms. The second kappa shape index (κ2) is 6.56. The van der Waals surface area contributed by atoms with Gasteiger partial charge in [-0.3, -0.25) is 0 Å². The summed E-state index contributed by atoms with van der Waals surface area (Å²) in [5.41, 5.74) is 2.06. The van der Waals surface area contributed by atoms with Gasteiger partial charge in [0.25, 0.3) is 0 Å². The molecule has 5 heteroatoms. The van der Waals surface area contributed by atoms with Crippen molar-refractivity contribution in [1.82, 2.24) is 9.97 Å². The molecule has 1 saturated carbocycles. The van der Waals surface area contributed by atoms with Crippen LogP contribution >= 0.6 is 0 Å². The Labute approximate surface area is 129 Å². The van der Waals surface area contributed by atoms with Gasteiger partial charge in [-0.25, -0.2) is 14.8 Å². The minimum absolute atomic E-state index is 0.217. The van der Waals surface area contributed by atoms with E-state index in [0.717, 1.165) is 24.1 Å². The Hall–Kier alpha value is -2.43. The summed E-state index contributed by atoms with van der Waals surface area (Å²) in [6, 6.07) is 9.81. The third kappa shape index (κ3) is 3.24. The van der Waals surface area contributed by atoms with Crippen molar-refractivity contribution in [2.24, 2.45) is 0 Å². The monoisotopic (exact) mass is 298 g/mol. The number of carbonyl (C=O) groups excluding carboxylic acids is 1. The molecule has 5 nitrogen and oxygen atoms in total. The van der Waals surface area contributed by atoms with Gasteiger partial charge in [-0.1, -0.05) is 30.3 Å². The molecule has 0 radical (unpaired) electrons. The lowest BCUT2D eigenvalue weighted by Crippen LogP contribution is -2.12. The van der Waals surface area contributed by atoms with Crippen LogP contribution in [0.3, 0.4) is 0 Å². The molecule has 2 aromatic rings. The van der Waals surface area contributed by atoms with Crippen molar-refractivity contribution in [1.29, 1.82) is 0 Å². The zero-order valence-corrected chi connectivity index (χ0v) is 12.5. The molecule has 1 heterocycles. The van der Waals surface area contributed by atoms with Crippen LogP contribution < -0.4 is 4.74 Å². The van der Waals surface area contributed by atoms with E-state index in [4.69, 9.17) is 9.47 Å². The van der Waals surface area contributed by atoms with Crippen LogP contribution in [-0.2, 0) is 11.3 Å². The van der Waals surface area contributed by atoms with E-state index in [2.05, 4.69) is 9.97 Å². The lowest BCUT2D eigenvalue weighted by Gasteiger charge is -2.13. The zero-order chi connectivity index (χ0) is 15.4. The van der Waals surface area contributed by atoms with Gasteiger partial charge in [-0.2, -0.15) is 0 Å². The molecule has 1 aromatic carbocycles. The number of rotatable bonds is 6. The molecule has 0 atom stereocenters. The number of esters is 1. The summed E-state index contributed by atoms with van der Waals surface area (Å²) < 4.78 is 11.0. The highest BCUT2D eigenvalue weighted by atomic mass is 16.5. The van der Waals surface area contributed by atoms with Crippen LogP contribution in [0.5, 0.6) is 5.75 Å². The van der Waals surface area contributed by atoms with Gasteiger partial charge < -0.3 is 9.47 Å². The van der Waals surface area contributed by atoms with Gasteiger partial charge in [0.05, 0.1) is 12.3 Å². The van der Waals surface area contributed by atoms with Crippen LogP contribution in [-0.4, -0.2) is 22.5 Å². The van der Waals surface area contributed by atoms with Gasteiger partial charge in [0, 0.05) is 5.92 Å². The van der Waals surface area contributed by atoms with E-state index in [0.29, 0.717) is 24.9 Å². The number of ether oxygens (including phenoxy) is 2. The van der Waals surface area contributed by atoms with Crippen molar-refractivity contribution in [3.8, 4) is 5.75 Å². The second-order valence-corrected chi connectivity index (χ2v) is 5.21. The maximum Gasteiger partial charge on any atom is 0.360 e. The molecule has 0 amide bonds. The Morgan fingerprint density at radius 1 is 1.23 bits per heavy atom. The first-order valence-corrected chi connectivity index (χ1v) is 7.48. The zero-order valence-electron chi connectivity index (χ0n) is 12.5. The number of hydrogen-bond donors (Lipinski definition) is 0. The van der Waals surface area contributed by atoms with Gasteiger partial charge in [-0.15, -0.1) is 0 Å². The maximum absolute atomic E-state index is 12.1. The first-order valence-electron chi connectivity index (χ1n) is 7.48. The first-order chi connectivity index (χ1) is 10.8. The van der Waals surface area contributed by atoms with Crippen molar-refractivity contribution in [2.45, 2.75) is 32.3 Å². The summed E-state index contributed by atoms with van der Waals surface area (Å²) >= 11 is 0. The van der Waals surface area contributed by atoms with E-state index in [1.165, 1.54) is 6.33 Å². The molecule has 1 aliphatic rings. The van der Waals surface area contributed by atoms with Crippen LogP contribution in [0.15, 0.2) is 36.7 Å². The first kappa shape index (κ1) is 14.5. The van der Waals surface area contributed by atoms with E-state index < -0.39 is 5.97 Å². The van der Waals surface area contributed by atoms with Crippen LogP contribution in [0.2, 0.25) is 0 Å². The summed E-state index contributed by atoms with van der Waals surface area (Å²) in [5, 5.41) is 0. The number of benzene rings is 1. The molecule has 114 valence electrons. The predicted molar refractivity (Wildman–Crippen MR) is 80.7 cm³/mol. The van der Waals surface area contributed by atoms with Gasteiger partial charge in [-0.05, 0) is 25.3 Å². The lowest BCUT2D eigenvalue weighted by molar-refractivity contribution is 0.0513. The van der Waals surface area contributed by atoms with Crippen molar-refractivity contribution < 1.29 is 14.3 Å². The fourth-order valence-electron chi connectivity index (χ4n) is 2.25. The highest BCUT2D eigenvalue weighted by molar-refractivity contribution is 5.90. The maximum atomic E-state index is 12.1. The van der Waals surface area contributed by atoms with Gasteiger partial charge in [0.15, 0.2) is 11.4 Å². The molecule has 3 rings (SSSR count). The van der Waals surface area contributed by atoms with Gasteiger partial charge >= 0.3 is 5.97 Å². The molecule has 1 fully saturated rings. The fourth-order valence-corrected chi connectivity index (χ4v) is 2.25. The van der Waals surface area contributed by atoms with Crippen LogP contribution in [0, 0.1) is 0 Å². The normalized spacial score (nSPS) is 13.7. The lowest BCUT2D eigenvalue weighted by atomic mass is 10.2. The Balaban J connectivity index is 1.87. The Morgan fingerprint density at radius 2 is 2.00 bits per heavy atom. The van der Waals surface area contributed by atoms with Crippen molar-refractivity contribution in [2.75, 3.05) is 6.61 Å². The fraction of sp³-hybridized carbons (Fsp3) is 0.353. The highest BCUT2D eigenvalue weighted by Gasteiger charge is 2.32. The number of hydrogen-bond acceptors (Lipinski definition) is 5. The number of aromatic nitrogens is 2. The van der Waals surface area contributed by atoms with Crippen LogP contribution in [0.25, 0.3) is 0 Å². The predicted octanol–water partition coefficient (Wildman–Crippen LogP) is 3.11. The molecule has 1 aliphatic carbocycles. The molecule has 0 unspecified atom stereocenters. The topological polar surface area (TPSA) is 61.3 Å². The second-order valence-electron chi connectivity index (χ2n) is 5.21. The highest BCUT2D eigenvalue weighted by Crippen LogP contribution is 2.44. The molecule has 0 N–H and O–H groups in total. The molecule has 0 spiro atoms. The average molecular weight is 298 g/mol. The largest absolute Gasteiger partial charge is 0.484 e. The third-order valence-electron chi connectivity index (χ3n) is 3.49. The van der Waals surface area contributed by atoms with Gasteiger partial charge in [0.2, 0.25) is 0 Å². The molecule has 1 aromatic heterocycles. The Bertz CT molecular complexity index is 654. The summed E-state index contributed by atoms with van der Waals surface area (Å²) in [5.74, 6) is 0.365. The third-order valence-corrected chi connectivity index (χ3v) is 3.49. The quantitative estimate of drug-likeness (QED) is 0.767. The minimum atomic E-state index is -0.463. The Kier molecular flexibility index (Phi) is 4.32. The molecular formula is C17H18N2O3. The Morgan fingerprint density at radius 3 is 2.68 bits per heavy atom. The molecule has 22 heavy (non-hydrogen) atoms. The number of nitrogens with zero attached hydrogens (tertiary/aromatic N) is 2. The van der Waals surface area contributed by atoms with E-state index in [9.17, 15) is 4.79 Å². The van der Waals surface area contributed by atoms with Crippen molar-refractivity contribution in [3.05, 3.63) is 53.6 Å². The number of carbonyl (C=O) groups is 1. The molecule has 0 saturated heterocycles. The van der Waals surface area contributed by atoms with E-state index in [1.54, 1.807) is 6.92 Å². The molecular weight excluding hydrogens is 280 g/mol. The van der Waals surface area contributed by atoms with Crippen molar-refractivity contribution in [3.63, 3.8) is 0 Å². The van der Waals surface area contributed by atoms with E-state index in [-0.39, 0.29) is 5.69 Å². The van der Waals surface area contributed by atoms with Crippen LogP contribution in [0.4, 0.5) is 0 Å².